The van der Waals surface area contributed by atoms with Crippen LogP contribution in [0.15, 0.2) is 0 Å². The summed E-state index contributed by atoms with van der Waals surface area (Å²) in [6.07, 6.45) is 0.860. The third-order valence-corrected chi connectivity index (χ3v) is 2.30. The molecule has 0 atom stereocenters. The van der Waals surface area contributed by atoms with Crippen LogP contribution in [0.2, 0.25) is 0 Å². The summed E-state index contributed by atoms with van der Waals surface area (Å²) < 4.78 is 0. The second kappa shape index (κ2) is 5.48. The SMILES string of the molecule is OCCCN1CCN(CO)CC1. The molecule has 0 aliphatic carbocycles. The first-order valence-corrected chi connectivity index (χ1v) is 4.53. The summed E-state index contributed by atoms with van der Waals surface area (Å²) in [5.41, 5.74) is 0. The van der Waals surface area contributed by atoms with Crippen molar-refractivity contribution < 1.29 is 10.2 Å². The molecule has 1 heterocycles. The van der Waals surface area contributed by atoms with Crippen molar-refractivity contribution in [2.75, 3.05) is 46.1 Å². The fourth-order valence-corrected chi connectivity index (χ4v) is 1.45. The highest BCUT2D eigenvalue weighted by Crippen LogP contribution is 2.00. The molecule has 1 rings (SSSR count). The Morgan fingerprint density at radius 1 is 0.917 bits per heavy atom. The third kappa shape index (κ3) is 3.06. The van der Waals surface area contributed by atoms with Gasteiger partial charge in [0.15, 0.2) is 0 Å². The van der Waals surface area contributed by atoms with Crippen LogP contribution in [-0.2, 0) is 0 Å². The summed E-state index contributed by atoms with van der Waals surface area (Å²) >= 11 is 0. The van der Waals surface area contributed by atoms with Crippen LogP contribution in [0.25, 0.3) is 0 Å². The van der Waals surface area contributed by atoms with Gasteiger partial charge in [-0.1, -0.05) is 0 Å². The third-order valence-electron chi connectivity index (χ3n) is 2.30. The molecule has 72 valence electrons. The molecule has 0 bridgehead atoms. The molecular weight excluding hydrogens is 156 g/mol. The van der Waals surface area contributed by atoms with Crippen molar-refractivity contribution in [3.05, 3.63) is 0 Å². The molecule has 4 nitrogen and oxygen atoms in total. The molecule has 0 spiro atoms. The van der Waals surface area contributed by atoms with Gasteiger partial charge in [-0.3, -0.25) is 4.90 Å². The van der Waals surface area contributed by atoms with Gasteiger partial charge in [-0.25, -0.2) is 0 Å². The lowest BCUT2D eigenvalue weighted by molar-refractivity contribution is 0.0523. The fraction of sp³-hybridized carbons (Fsp3) is 1.00. The number of aliphatic hydroxyl groups is 2. The van der Waals surface area contributed by atoms with Crippen LogP contribution in [0, 0.1) is 0 Å². The Kier molecular flexibility index (Phi) is 4.53. The quantitative estimate of drug-likeness (QED) is 0.570. The minimum absolute atomic E-state index is 0.174. The van der Waals surface area contributed by atoms with E-state index in [9.17, 15) is 0 Å². The molecular formula is C8H18N2O2. The Hall–Kier alpha value is -0.160. The summed E-state index contributed by atoms with van der Waals surface area (Å²) in [5, 5.41) is 17.4. The summed E-state index contributed by atoms with van der Waals surface area (Å²) in [6.45, 7) is 5.36. The first kappa shape index (κ1) is 9.92. The molecule has 0 saturated carbocycles. The minimum atomic E-state index is 0.174. The maximum Gasteiger partial charge on any atom is 0.0957 e. The van der Waals surface area contributed by atoms with E-state index < -0.39 is 0 Å². The van der Waals surface area contributed by atoms with E-state index in [0.29, 0.717) is 0 Å². The molecule has 2 N–H and O–H groups in total. The highest BCUT2D eigenvalue weighted by Gasteiger charge is 2.14. The molecule has 1 fully saturated rings. The van der Waals surface area contributed by atoms with Gasteiger partial charge in [-0.2, -0.15) is 0 Å². The van der Waals surface area contributed by atoms with Gasteiger partial charge in [0.05, 0.1) is 6.73 Å². The average Bonchev–Trinajstić information content (AvgIpc) is 2.15. The van der Waals surface area contributed by atoms with Crippen LogP contribution in [-0.4, -0.2) is 66.1 Å². The second-order valence-corrected chi connectivity index (χ2v) is 3.18. The average molecular weight is 174 g/mol. The van der Waals surface area contributed by atoms with Crippen molar-refractivity contribution >= 4 is 0 Å². The molecule has 0 aromatic carbocycles. The Morgan fingerprint density at radius 2 is 1.50 bits per heavy atom. The van der Waals surface area contributed by atoms with E-state index in [1.54, 1.807) is 0 Å². The van der Waals surface area contributed by atoms with Gasteiger partial charge in [-0.05, 0) is 6.42 Å². The fourth-order valence-electron chi connectivity index (χ4n) is 1.45. The Bertz CT molecular complexity index is 114. The van der Waals surface area contributed by atoms with E-state index in [4.69, 9.17) is 10.2 Å². The predicted molar refractivity (Wildman–Crippen MR) is 46.8 cm³/mol. The molecule has 1 aliphatic rings. The van der Waals surface area contributed by atoms with Crippen LogP contribution in [0.1, 0.15) is 6.42 Å². The molecule has 0 unspecified atom stereocenters. The van der Waals surface area contributed by atoms with Gasteiger partial charge in [0.1, 0.15) is 0 Å². The predicted octanol–water partition coefficient (Wildman–Crippen LogP) is -1.06. The molecule has 12 heavy (non-hydrogen) atoms. The molecule has 1 saturated heterocycles. The minimum Gasteiger partial charge on any atom is -0.396 e. The van der Waals surface area contributed by atoms with E-state index in [1.807, 2.05) is 4.90 Å². The van der Waals surface area contributed by atoms with Gasteiger partial charge in [0.2, 0.25) is 0 Å². The normalized spacial score (nSPS) is 21.5. The second-order valence-electron chi connectivity index (χ2n) is 3.18. The van der Waals surface area contributed by atoms with E-state index in [-0.39, 0.29) is 13.3 Å². The van der Waals surface area contributed by atoms with Gasteiger partial charge >= 0.3 is 0 Å². The first-order chi connectivity index (χ1) is 5.86. The van der Waals surface area contributed by atoms with E-state index in [0.717, 1.165) is 39.1 Å². The van der Waals surface area contributed by atoms with Crippen molar-refractivity contribution in [3.63, 3.8) is 0 Å². The first-order valence-electron chi connectivity index (χ1n) is 4.53. The zero-order chi connectivity index (χ0) is 8.81. The van der Waals surface area contributed by atoms with Crippen molar-refractivity contribution in [2.24, 2.45) is 0 Å². The summed E-state index contributed by atoms with van der Waals surface area (Å²) in [6, 6.07) is 0. The van der Waals surface area contributed by atoms with Crippen molar-refractivity contribution in [3.8, 4) is 0 Å². The number of nitrogens with zero attached hydrogens (tertiary/aromatic N) is 2. The standard InChI is InChI=1S/C8H18N2O2/c11-7-1-2-9-3-5-10(8-12)6-4-9/h11-12H,1-8H2. The summed E-state index contributed by atoms with van der Waals surface area (Å²) in [4.78, 5) is 4.35. The van der Waals surface area contributed by atoms with Crippen LogP contribution in [0.3, 0.4) is 0 Å². The maximum atomic E-state index is 8.82. The molecule has 0 radical (unpaired) electrons. The topological polar surface area (TPSA) is 46.9 Å². The lowest BCUT2D eigenvalue weighted by Crippen LogP contribution is -2.46. The monoisotopic (exact) mass is 174 g/mol. The number of rotatable bonds is 4. The van der Waals surface area contributed by atoms with E-state index >= 15 is 0 Å². The summed E-state index contributed by atoms with van der Waals surface area (Å²) in [5.74, 6) is 0. The maximum absolute atomic E-state index is 8.82. The zero-order valence-corrected chi connectivity index (χ0v) is 7.45. The highest BCUT2D eigenvalue weighted by atomic mass is 16.3. The van der Waals surface area contributed by atoms with Crippen molar-refractivity contribution in [2.45, 2.75) is 6.42 Å². The van der Waals surface area contributed by atoms with Crippen LogP contribution < -0.4 is 0 Å². The van der Waals surface area contributed by atoms with Gasteiger partial charge < -0.3 is 15.1 Å². The Labute approximate surface area is 73.4 Å². The van der Waals surface area contributed by atoms with E-state index in [1.165, 1.54) is 0 Å². The number of hydrogen-bond donors (Lipinski definition) is 2. The van der Waals surface area contributed by atoms with Crippen LogP contribution in [0.5, 0.6) is 0 Å². The molecule has 0 aromatic heterocycles. The largest absolute Gasteiger partial charge is 0.396 e. The summed E-state index contributed by atoms with van der Waals surface area (Å²) in [7, 11) is 0. The Morgan fingerprint density at radius 3 is 2.00 bits per heavy atom. The van der Waals surface area contributed by atoms with Gasteiger partial charge in [0.25, 0.3) is 0 Å². The molecule has 4 heteroatoms. The number of piperazine rings is 1. The molecule has 1 aliphatic heterocycles. The van der Waals surface area contributed by atoms with Crippen LogP contribution >= 0.6 is 0 Å². The molecule has 0 aromatic rings. The zero-order valence-electron chi connectivity index (χ0n) is 7.45. The lowest BCUT2D eigenvalue weighted by Gasteiger charge is -2.33. The van der Waals surface area contributed by atoms with E-state index in [2.05, 4.69) is 4.90 Å². The number of aliphatic hydroxyl groups excluding tert-OH is 2. The molecule has 0 amide bonds. The number of hydrogen-bond acceptors (Lipinski definition) is 4. The lowest BCUT2D eigenvalue weighted by atomic mass is 10.3. The van der Waals surface area contributed by atoms with Crippen molar-refractivity contribution in [1.29, 1.82) is 0 Å². The van der Waals surface area contributed by atoms with Gasteiger partial charge in [0, 0.05) is 39.3 Å². The van der Waals surface area contributed by atoms with Crippen molar-refractivity contribution in [1.82, 2.24) is 9.80 Å². The van der Waals surface area contributed by atoms with Crippen LogP contribution in [0.4, 0.5) is 0 Å². The highest BCUT2D eigenvalue weighted by molar-refractivity contribution is 4.69. The smallest absolute Gasteiger partial charge is 0.0957 e. The van der Waals surface area contributed by atoms with Gasteiger partial charge in [-0.15, -0.1) is 0 Å². The Balaban J connectivity index is 2.09.